The number of fused-ring (bicyclic) bond motifs is 1. The molecule has 0 aliphatic carbocycles. The Morgan fingerprint density at radius 3 is 2.38 bits per heavy atom. The average molecular weight is 601 g/mol. The van der Waals surface area contributed by atoms with Gasteiger partial charge in [-0.3, -0.25) is 4.79 Å². The molecule has 10 heteroatoms. The molecular formula is C32H30ClF3NO5+. The number of likely N-dealkylation sites (tertiary alicyclic amines) is 1. The van der Waals surface area contributed by atoms with Crippen LogP contribution in [-0.4, -0.2) is 19.1 Å². The Morgan fingerprint density at radius 1 is 1.05 bits per heavy atom. The SMILES string of the molecule is Cc1ccc(C(=O)Oc2ccc3c(=O)c(Oc4ccc(Cl)c(C)c4)c(C(F)(F)F)oc3c2C[NH+]2CCC(C)CC2)cc1. The minimum Gasteiger partial charge on any atom is -0.449 e. The molecule has 0 bridgehead atoms. The lowest BCUT2D eigenvalue weighted by Gasteiger charge is -2.28. The number of piperidine rings is 1. The van der Waals surface area contributed by atoms with Gasteiger partial charge in [-0.05, 0) is 80.6 Å². The van der Waals surface area contributed by atoms with Gasteiger partial charge in [0.2, 0.25) is 11.2 Å². The van der Waals surface area contributed by atoms with Crippen LogP contribution in [0.2, 0.25) is 5.02 Å². The van der Waals surface area contributed by atoms with E-state index in [-0.39, 0.29) is 40.1 Å². The zero-order chi connectivity index (χ0) is 30.2. The highest BCUT2D eigenvalue weighted by Crippen LogP contribution is 2.40. The molecule has 2 heterocycles. The van der Waals surface area contributed by atoms with Crippen molar-refractivity contribution >= 4 is 28.5 Å². The van der Waals surface area contributed by atoms with Gasteiger partial charge in [-0.1, -0.05) is 36.2 Å². The average Bonchev–Trinajstić information content (AvgIpc) is 2.94. The van der Waals surface area contributed by atoms with Crippen molar-refractivity contribution in [2.75, 3.05) is 13.1 Å². The van der Waals surface area contributed by atoms with E-state index in [4.69, 9.17) is 25.5 Å². The molecule has 42 heavy (non-hydrogen) atoms. The van der Waals surface area contributed by atoms with Gasteiger partial charge in [-0.15, -0.1) is 0 Å². The summed E-state index contributed by atoms with van der Waals surface area (Å²) in [7, 11) is 0. The first-order chi connectivity index (χ1) is 19.9. The molecule has 4 aromatic rings. The molecule has 1 saturated heterocycles. The van der Waals surface area contributed by atoms with Crippen molar-refractivity contribution in [3.8, 4) is 17.2 Å². The Labute approximate surface area is 245 Å². The third-order valence-corrected chi connectivity index (χ3v) is 8.01. The lowest BCUT2D eigenvalue weighted by Crippen LogP contribution is -3.11. The number of carbonyl (C=O) groups excluding carboxylic acids is 1. The highest BCUT2D eigenvalue weighted by atomic mass is 35.5. The predicted octanol–water partition coefficient (Wildman–Crippen LogP) is 6.91. The summed E-state index contributed by atoms with van der Waals surface area (Å²) in [6.45, 7) is 7.45. The predicted molar refractivity (Wildman–Crippen MR) is 153 cm³/mol. The van der Waals surface area contributed by atoms with Crippen LogP contribution in [0.25, 0.3) is 11.0 Å². The summed E-state index contributed by atoms with van der Waals surface area (Å²) in [5, 5.41) is 0.287. The number of hydrogen-bond donors (Lipinski definition) is 1. The monoisotopic (exact) mass is 600 g/mol. The van der Waals surface area contributed by atoms with Crippen LogP contribution >= 0.6 is 11.6 Å². The zero-order valence-electron chi connectivity index (χ0n) is 23.4. The third-order valence-electron chi connectivity index (χ3n) is 7.58. The highest BCUT2D eigenvalue weighted by molar-refractivity contribution is 6.31. The van der Waals surface area contributed by atoms with Crippen LogP contribution in [0, 0.1) is 19.8 Å². The van der Waals surface area contributed by atoms with E-state index in [0.717, 1.165) is 36.4 Å². The molecule has 220 valence electrons. The van der Waals surface area contributed by atoms with E-state index in [1.54, 1.807) is 31.2 Å². The summed E-state index contributed by atoms with van der Waals surface area (Å²) in [5.41, 5.74) is 0.741. The van der Waals surface area contributed by atoms with Crippen molar-refractivity contribution in [2.24, 2.45) is 5.92 Å². The quantitative estimate of drug-likeness (QED) is 0.192. The molecular weight excluding hydrogens is 571 g/mol. The van der Waals surface area contributed by atoms with Gasteiger partial charge in [-0.25, -0.2) is 4.79 Å². The fraction of sp³-hybridized carbons (Fsp3) is 0.312. The van der Waals surface area contributed by atoms with Crippen molar-refractivity contribution < 1.29 is 36.8 Å². The molecule has 1 aliphatic rings. The molecule has 1 aliphatic heterocycles. The molecule has 0 radical (unpaired) electrons. The molecule has 1 aromatic heterocycles. The van der Waals surface area contributed by atoms with Crippen LogP contribution in [0.1, 0.15) is 52.6 Å². The number of halogens is 4. The van der Waals surface area contributed by atoms with Crippen LogP contribution < -0.4 is 19.8 Å². The van der Waals surface area contributed by atoms with E-state index in [2.05, 4.69) is 6.92 Å². The van der Waals surface area contributed by atoms with Crippen LogP contribution in [0.3, 0.4) is 0 Å². The molecule has 1 N–H and O–H groups in total. The lowest BCUT2D eigenvalue weighted by molar-refractivity contribution is -0.919. The third kappa shape index (κ3) is 6.32. The maximum atomic E-state index is 14.4. The van der Waals surface area contributed by atoms with Gasteiger partial charge in [0.15, 0.2) is 5.58 Å². The number of carbonyl (C=O) groups is 1. The second-order valence-corrected chi connectivity index (χ2v) is 11.3. The Balaban J connectivity index is 1.65. The highest BCUT2D eigenvalue weighted by Gasteiger charge is 2.41. The fourth-order valence-electron chi connectivity index (χ4n) is 5.07. The molecule has 0 atom stereocenters. The van der Waals surface area contributed by atoms with Gasteiger partial charge in [0, 0.05) is 5.02 Å². The molecule has 1 fully saturated rings. The Hall–Kier alpha value is -3.82. The summed E-state index contributed by atoms with van der Waals surface area (Å²) < 4.78 is 59.9. The first kappa shape index (κ1) is 29.7. The smallest absolute Gasteiger partial charge is 0.449 e. The first-order valence-corrected chi connectivity index (χ1v) is 14.0. The van der Waals surface area contributed by atoms with E-state index in [9.17, 15) is 22.8 Å². The van der Waals surface area contributed by atoms with Gasteiger partial charge >= 0.3 is 12.1 Å². The summed E-state index contributed by atoms with van der Waals surface area (Å²) in [6, 6.07) is 13.7. The van der Waals surface area contributed by atoms with Gasteiger partial charge in [0.25, 0.3) is 5.76 Å². The molecule has 0 spiro atoms. The molecule has 5 rings (SSSR count). The Bertz CT molecular complexity index is 1690. The maximum Gasteiger partial charge on any atom is 0.453 e. The largest absolute Gasteiger partial charge is 0.453 e. The molecule has 3 aromatic carbocycles. The standard InChI is InChI=1S/C32H29ClF3NO5/c1-18-4-6-21(7-5-18)31(39)41-26-11-9-23-27(38)29(40-22-8-10-25(33)20(3)16-22)30(32(34,35)36)42-28(23)24(26)17-37-14-12-19(2)13-15-37/h4-11,16,19H,12-15,17H2,1-3H3/p+1. The van der Waals surface area contributed by atoms with Crippen molar-refractivity contribution in [1.82, 2.24) is 0 Å². The molecule has 0 unspecified atom stereocenters. The fourth-order valence-corrected chi connectivity index (χ4v) is 5.18. The second-order valence-electron chi connectivity index (χ2n) is 10.9. The second kappa shape index (κ2) is 11.8. The summed E-state index contributed by atoms with van der Waals surface area (Å²) in [5.74, 6) is -2.65. The lowest BCUT2D eigenvalue weighted by atomic mass is 9.98. The zero-order valence-corrected chi connectivity index (χ0v) is 24.1. The van der Waals surface area contributed by atoms with Crippen molar-refractivity contribution in [3.63, 3.8) is 0 Å². The number of esters is 1. The first-order valence-electron chi connectivity index (χ1n) is 13.7. The Kier molecular flexibility index (Phi) is 8.35. The minimum atomic E-state index is -5.05. The van der Waals surface area contributed by atoms with Gasteiger partial charge in [0.05, 0.1) is 29.6 Å². The van der Waals surface area contributed by atoms with E-state index >= 15 is 0 Å². The van der Waals surface area contributed by atoms with Crippen molar-refractivity contribution in [3.05, 3.63) is 97.9 Å². The molecule has 0 saturated carbocycles. The Morgan fingerprint density at radius 2 is 1.74 bits per heavy atom. The van der Waals surface area contributed by atoms with E-state index in [0.29, 0.717) is 16.5 Å². The van der Waals surface area contributed by atoms with Crippen molar-refractivity contribution in [1.29, 1.82) is 0 Å². The summed E-state index contributed by atoms with van der Waals surface area (Å²) in [4.78, 5) is 27.7. The van der Waals surface area contributed by atoms with E-state index < -0.39 is 29.1 Å². The van der Waals surface area contributed by atoms with Gasteiger partial charge < -0.3 is 18.8 Å². The van der Waals surface area contributed by atoms with Crippen molar-refractivity contribution in [2.45, 2.75) is 46.3 Å². The van der Waals surface area contributed by atoms with Crippen LogP contribution in [-0.2, 0) is 12.7 Å². The maximum absolute atomic E-state index is 14.4. The van der Waals surface area contributed by atoms with Crippen LogP contribution in [0.15, 0.2) is 63.8 Å². The molecule has 0 amide bonds. The van der Waals surface area contributed by atoms with Gasteiger partial charge in [0.1, 0.15) is 18.0 Å². The number of quaternary nitrogens is 1. The topological polar surface area (TPSA) is 70.2 Å². The number of nitrogens with one attached hydrogen (secondary N) is 1. The number of hydrogen-bond acceptors (Lipinski definition) is 5. The number of aryl methyl sites for hydroxylation is 2. The molecule has 6 nitrogen and oxygen atoms in total. The van der Waals surface area contributed by atoms with E-state index in [1.807, 2.05) is 6.92 Å². The number of alkyl halides is 3. The van der Waals surface area contributed by atoms with Crippen LogP contribution in [0.4, 0.5) is 13.2 Å². The minimum absolute atomic E-state index is 0.00445. The summed E-state index contributed by atoms with van der Waals surface area (Å²) >= 11 is 6.05. The number of ether oxygens (including phenoxy) is 2. The number of benzene rings is 3. The van der Waals surface area contributed by atoms with E-state index in [1.165, 1.54) is 30.3 Å². The normalized spacial score (nSPS) is 17.3. The number of rotatable bonds is 6. The summed E-state index contributed by atoms with van der Waals surface area (Å²) in [6.07, 6.45) is -3.17. The van der Waals surface area contributed by atoms with Gasteiger partial charge in [-0.2, -0.15) is 13.2 Å². The van der Waals surface area contributed by atoms with Crippen LogP contribution in [0.5, 0.6) is 17.2 Å².